The Bertz CT molecular complexity index is 697. The predicted octanol–water partition coefficient (Wildman–Crippen LogP) is 1.50. The topological polar surface area (TPSA) is 88.7 Å². The molecule has 0 aliphatic rings. The van der Waals surface area contributed by atoms with Crippen LogP contribution in [0.2, 0.25) is 0 Å². The van der Waals surface area contributed by atoms with Gasteiger partial charge in [0, 0.05) is 13.2 Å². The molecule has 0 saturated carbocycles. The van der Waals surface area contributed by atoms with Crippen LogP contribution in [0.25, 0.3) is 0 Å². The lowest BCUT2D eigenvalue weighted by atomic mass is 10.2. The minimum absolute atomic E-state index is 0.0433. The number of amides is 1. The van der Waals surface area contributed by atoms with Crippen LogP contribution >= 0.6 is 22.6 Å². The number of hydrazone groups is 1. The summed E-state index contributed by atoms with van der Waals surface area (Å²) in [5, 5.41) is 17.4. The van der Waals surface area contributed by atoms with Crippen molar-refractivity contribution in [3.05, 3.63) is 39.2 Å². The number of hydrogen-bond acceptors (Lipinski definition) is 5. The van der Waals surface area contributed by atoms with Gasteiger partial charge < -0.3 is 9.84 Å². The number of methoxy groups -OCH3 is 1. The molecule has 7 nitrogen and oxygen atoms in total. The molecule has 0 unspecified atom stereocenters. The Morgan fingerprint density at radius 1 is 1.57 bits per heavy atom. The Labute approximate surface area is 134 Å². The van der Waals surface area contributed by atoms with Crippen LogP contribution in [0.3, 0.4) is 0 Å². The molecule has 0 fully saturated rings. The fourth-order valence-electron chi connectivity index (χ4n) is 1.61. The monoisotopic (exact) mass is 400 g/mol. The molecule has 0 aliphatic carbocycles. The third kappa shape index (κ3) is 3.72. The summed E-state index contributed by atoms with van der Waals surface area (Å²) in [5.41, 5.74) is 3.40. The number of aromatic nitrogens is 2. The first-order valence-corrected chi connectivity index (χ1v) is 6.98. The molecule has 21 heavy (non-hydrogen) atoms. The highest BCUT2D eigenvalue weighted by molar-refractivity contribution is 14.1. The van der Waals surface area contributed by atoms with Gasteiger partial charge in [-0.05, 0) is 46.4 Å². The number of aryl methyl sites for hydroxylation is 1. The van der Waals surface area contributed by atoms with Gasteiger partial charge in [-0.15, -0.1) is 0 Å². The van der Waals surface area contributed by atoms with Gasteiger partial charge in [0.2, 0.25) is 0 Å². The molecule has 2 rings (SSSR count). The first kappa shape index (κ1) is 15.3. The lowest BCUT2D eigenvalue weighted by Crippen LogP contribution is -2.19. The summed E-state index contributed by atoms with van der Waals surface area (Å²) in [7, 11) is 3.20. The van der Waals surface area contributed by atoms with Crippen LogP contribution in [0.1, 0.15) is 16.1 Å². The van der Waals surface area contributed by atoms with Crippen molar-refractivity contribution in [3.63, 3.8) is 0 Å². The van der Waals surface area contributed by atoms with Crippen LogP contribution in [0.15, 0.2) is 29.5 Å². The van der Waals surface area contributed by atoms with Crippen molar-refractivity contribution in [1.82, 2.24) is 15.2 Å². The molecule has 0 radical (unpaired) electrons. The fourth-order valence-corrected chi connectivity index (χ4v) is 2.36. The largest absolute Gasteiger partial charge is 0.504 e. The lowest BCUT2D eigenvalue weighted by molar-refractivity contribution is 0.0948. The Kier molecular flexibility index (Phi) is 4.78. The smallest absolute Gasteiger partial charge is 0.292 e. The van der Waals surface area contributed by atoms with Crippen molar-refractivity contribution >= 4 is 34.7 Å². The quantitative estimate of drug-likeness (QED) is 0.463. The Balaban J connectivity index is 2.05. The second kappa shape index (κ2) is 6.57. The van der Waals surface area contributed by atoms with E-state index in [1.165, 1.54) is 19.4 Å². The van der Waals surface area contributed by atoms with E-state index in [4.69, 9.17) is 4.74 Å². The maximum absolute atomic E-state index is 11.9. The average molecular weight is 400 g/mol. The van der Waals surface area contributed by atoms with Gasteiger partial charge in [0.25, 0.3) is 5.91 Å². The fraction of sp³-hybridized carbons (Fsp3) is 0.154. The first-order valence-electron chi connectivity index (χ1n) is 5.91. The van der Waals surface area contributed by atoms with Gasteiger partial charge in [-0.2, -0.15) is 10.2 Å². The molecule has 0 saturated heterocycles. The lowest BCUT2D eigenvalue weighted by Gasteiger charge is -2.03. The van der Waals surface area contributed by atoms with E-state index in [0.29, 0.717) is 17.0 Å². The van der Waals surface area contributed by atoms with Crippen LogP contribution in [0.5, 0.6) is 11.5 Å². The molecular formula is C13H13IN4O3. The number of carbonyl (C=O) groups is 1. The molecule has 0 bridgehead atoms. The zero-order valence-electron chi connectivity index (χ0n) is 11.4. The van der Waals surface area contributed by atoms with E-state index in [1.807, 2.05) is 22.6 Å². The van der Waals surface area contributed by atoms with Gasteiger partial charge in [-0.1, -0.05) is 0 Å². The van der Waals surface area contributed by atoms with Gasteiger partial charge in [-0.3, -0.25) is 9.48 Å². The van der Waals surface area contributed by atoms with Crippen LogP contribution in [0, 0.1) is 3.57 Å². The summed E-state index contributed by atoms with van der Waals surface area (Å²) in [5.74, 6) is -0.00623. The van der Waals surface area contributed by atoms with Crippen molar-refractivity contribution in [2.45, 2.75) is 0 Å². The average Bonchev–Trinajstić information content (AvgIpc) is 2.79. The molecule has 1 amide bonds. The van der Waals surface area contributed by atoms with Gasteiger partial charge in [0.1, 0.15) is 0 Å². The molecule has 110 valence electrons. The number of phenols is 1. The van der Waals surface area contributed by atoms with E-state index < -0.39 is 0 Å². The van der Waals surface area contributed by atoms with E-state index in [9.17, 15) is 9.90 Å². The number of phenolic OH excluding ortho intramolecular Hbond substituents is 1. The van der Waals surface area contributed by atoms with E-state index in [-0.39, 0.29) is 11.7 Å². The second-order valence-corrected chi connectivity index (χ2v) is 5.29. The summed E-state index contributed by atoms with van der Waals surface area (Å²) < 4.78 is 7.29. The van der Waals surface area contributed by atoms with E-state index in [2.05, 4.69) is 15.6 Å². The number of nitrogens with zero attached hydrogens (tertiary/aromatic N) is 3. The molecule has 0 spiro atoms. The maximum atomic E-state index is 11.9. The Morgan fingerprint density at radius 2 is 2.33 bits per heavy atom. The number of aromatic hydroxyl groups is 1. The zero-order chi connectivity index (χ0) is 15.4. The number of benzene rings is 1. The summed E-state index contributed by atoms with van der Waals surface area (Å²) >= 11 is 2.03. The van der Waals surface area contributed by atoms with Gasteiger partial charge in [-0.25, -0.2) is 5.43 Å². The van der Waals surface area contributed by atoms with E-state index in [1.54, 1.807) is 30.1 Å². The van der Waals surface area contributed by atoms with E-state index in [0.717, 1.165) is 3.57 Å². The highest BCUT2D eigenvalue weighted by Crippen LogP contribution is 2.25. The highest BCUT2D eigenvalue weighted by atomic mass is 127. The summed E-state index contributed by atoms with van der Waals surface area (Å²) in [6.07, 6.45) is 3.19. The minimum Gasteiger partial charge on any atom is -0.504 e. The van der Waals surface area contributed by atoms with Crippen molar-refractivity contribution < 1.29 is 14.6 Å². The third-order valence-corrected chi connectivity index (χ3v) is 3.37. The summed E-state index contributed by atoms with van der Waals surface area (Å²) in [4.78, 5) is 11.9. The number of rotatable bonds is 4. The van der Waals surface area contributed by atoms with Crippen LogP contribution < -0.4 is 10.2 Å². The Morgan fingerprint density at radius 3 is 2.95 bits per heavy atom. The highest BCUT2D eigenvalue weighted by Gasteiger charge is 2.13. The SMILES string of the molecule is COc1cc(C=NNC(=O)c2nn(C)cc2I)ccc1O. The number of halogens is 1. The van der Waals surface area contributed by atoms with E-state index >= 15 is 0 Å². The van der Waals surface area contributed by atoms with Crippen LogP contribution in [-0.4, -0.2) is 34.1 Å². The predicted molar refractivity (Wildman–Crippen MR) is 85.6 cm³/mol. The van der Waals surface area contributed by atoms with Crippen molar-refractivity contribution in [2.24, 2.45) is 12.1 Å². The Hall–Kier alpha value is -2.10. The number of hydrogen-bond donors (Lipinski definition) is 2. The molecule has 8 heteroatoms. The normalized spacial score (nSPS) is 10.8. The molecule has 2 N–H and O–H groups in total. The van der Waals surface area contributed by atoms with Gasteiger partial charge in [0.15, 0.2) is 17.2 Å². The van der Waals surface area contributed by atoms with Crippen LogP contribution in [0.4, 0.5) is 0 Å². The van der Waals surface area contributed by atoms with Crippen molar-refractivity contribution in [2.75, 3.05) is 7.11 Å². The van der Waals surface area contributed by atoms with Gasteiger partial charge >= 0.3 is 0 Å². The molecule has 0 aliphatic heterocycles. The molecule has 0 atom stereocenters. The van der Waals surface area contributed by atoms with Crippen molar-refractivity contribution in [3.8, 4) is 11.5 Å². The molecular weight excluding hydrogens is 387 g/mol. The molecule has 1 aromatic heterocycles. The van der Waals surface area contributed by atoms with Crippen molar-refractivity contribution in [1.29, 1.82) is 0 Å². The number of ether oxygens (including phenoxy) is 1. The third-order valence-electron chi connectivity index (χ3n) is 2.58. The minimum atomic E-state index is -0.387. The second-order valence-electron chi connectivity index (χ2n) is 4.13. The summed E-state index contributed by atoms with van der Waals surface area (Å²) in [6.45, 7) is 0. The number of nitrogens with one attached hydrogen (secondary N) is 1. The molecule has 1 aromatic carbocycles. The maximum Gasteiger partial charge on any atom is 0.292 e. The van der Waals surface area contributed by atoms with Gasteiger partial charge in [0.05, 0.1) is 16.9 Å². The molecule has 2 aromatic rings. The number of carbonyl (C=O) groups excluding carboxylic acids is 1. The molecule has 1 heterocycles. The first-order chi connectivity index (χ1) is 10.0. The summed E-state index contributed by atoms with van der Waals surface area (Å²) in [6, 6.07) is 4.75. The van der Waals surface area contributed by atoms with Crippen LogP contribution in [-0.2, 0) is 7.05 Å². The zero-order valence-corrected chi connectivity index (χ0v) is 13.5. The standard InChI is InChI=1S/C13H13IN4O3/c1-18-7-9(14)12(17-18)13(20)16-15-6-8-3-4-10(19)11(5-8)21-2/h3-7,19H,1-2H3,(H,16,20).